The third-order valence-corrected chi connectivity index (χ3v) is 4.66. The summed E-state index contributed by atoms with van der Waals surface area (Å²) >= 11 is 0. The molecule has 5 heteroatoms. The van der Waals surface area contributed by atoms with Gasteiger partial charge in [0.2, 0.25) is 0 Å². The van der Waals surface area contributed by atoms with Gasteiger partial charge in [-0.15, -0.1) is 0 Å². The van der Waals surface area contributed by atoms with Crippen LogP contribution in [0.2, 0.25) is 0 Å². The van der Waals surface area contributed by atoms with E-state index in [2.05, 4.69) is 41.6 Å². The minimum Gasteiger partial charge on any atom is -0.496 e. The average Bonchev–Trinajstić information content (AvgIpc) is 2.71. The fourth-order valence-electron chi connectivity index (χ4n) is 2.93. The Hall–Kier alpha value is -3.34. The summed E-state index contributed by atoms with van der Waals surface area (Å²) in [6, 6.07) is 17.6. The van der Waals surface area contributed by atoms with Crippen molar-refractivity contribution in [2.75, 3.05) is 19.0 Å². The molecule has 2 aromatic carbocycles. The summed E-state index contributed by atoms with van der Waals surface area (Å²) in [7, 11) is 1.65. The number of nitrogens with zero attached hydrogens (tertiary/aromatic N) is 1. The van der Waals surface area contributed by atoms with Gasteiger partial charge < -0.3 is 15.4 Å². The van der Waals surface area contributed by atoms with Gasteiger partial charge in [0.15, 0.2) is 0 Å². The summed E-state index contributed by atoms with van der Waals surface area (Å²) in [5.41, 5.74) is 5.71. The van der Waals surface area contributed by atoms with Crippen molar-refractivity contribution in [3.8, 4) is 5.75 Å². The van der Waals surface area contributed by atoms with Gasteiger partial charge in [-0.3, -0.25) is 9.78 Å². The topological polar surface area (TPSA) is 63.2 Å². The predicted molar refractivity (Wildman–Crippen MR) is 112 cm³/mol. The molecular weight excluding hydrogens is 350 g/mol. The fourth-order valence-corrected chi connectivity index (χ4v) is 2.93. The number of methoxy groups -OCH3 is 1. The molecule has 144 valence electrons. The number of benzene rings is 2. The summed E-state index contributed by atoms with van der Waals surface area (Å²) in [6.07, 6.45) is 2.33. The Morgan fingerprint density at radius 1 is 1.00 bits per heavy atom. The molecule has 0 bridgehead atoms. The second-order valence-electron chi connectivity index (χ2n) is 6.67. The standard InChI is InChI=1S/C23H25N3O2/c1-16-8-9-19(14-17(16)2)26-20-11-13-24-21(15-20)23(27)25-12-10-18-6-4-5-7-22(18)28-3/h4-9,11,13-15H,10,12H2,1-3H3,(H,24,26)(H,25,27). The van der Waals surface area contributed by atoms with Crippen LogP contribution in [0.25, 0.3) is 0 Å². The summed E-state index contributed by atoms with van der Waals surface area (Å²) in [6.45, 7) is 4.67. The van der Waals surface area contributed by atoms with Crippen molar-refractivity contribution >= 4 is 17.3 Å². The van der Waals surface area contributed by atoms with Gasteiger partial charge in [0.25, 0.3) is 5.91 Å². The Labute approximate surface area is 165 Å². The molecule has 3 aromatic rings. The molecule has 1 heterocycles. The van der Waals surface area contributed by atoms with E-state index in [1.54, 1.807) is 19.4 Å². The van der Waals surface area contributed by atoms with Crippen molar-refractivity contribution in [3.05, 3.63) is 83.2 Å². The molecule has 0 unspecified atom stereocenters. The molecule has 28 heavy (non-hydrogen) atoms. The van der Waals surface area contributed by atoms with Crippen LogP contribution < -0.4 is 15.4 Å². The van der Waals surface area contributed by atoms with E-state index in [0.29, 0.717) is 18.7 Å². The lowest BCUT2D eigenvalue weighted by molar-refractivity contribution is 0.0949. The molecule has 1 aromatic heterocycles. The monoisotopic (exact) mass is 375 g/mol. The van der Waals surface area contributed by atoms with Crippen LogP contribution in [0, 0.1) is 13.8 Å². The second kappa shape index (κ2) is 9.04. The molecule has 0 saturated carbocycles. The second-order valence-corrected chi connectivity index (χ2v) is 6.67. The molecule has 3 rings (SSSR count). The number of carbonyl (C=O) groups excluding carboxylic acids is 1. The van der Waals surface area contributed by atoms with Crippen molar-refractivity contribution in [2.24, 2.45) is 0 Å². The fraction of sp³-hybridized carbons (Fsp3) is 0.217. The number of rotatable bonds is 7. The molecule has 0 radical (unpaired) electrons. The number of amides is 1. The van der Waals surface area contributed by atoms with Crippen LogP contribution in [0.15, 0.2) is 60.8 Å². The molecule has 0 spiro atoms. The molecule has 0 fully saturated rings. The zero-order valence-corrected chi connectivity index (χ0v) is 16.5. The average molecular weight is 375 g/mol. The number of hydrogen-bond donors (Lipinski definition) is 2. The van der Waals surface area contributed by atoms with Crippen molar-refractivity contribution < 1.29 is 9.53 Å². The summed E-state index contributed by atoms with van der Waals surface area (Å²) in [5, 5.41) is 6.25. The van der Waals surface area contributed by atoms with Crippen molar-refractivity contribution in [1.82, 2.24) is 10.3 Å². The van der Waals surface area contributed by atoms with E-state index in [0.717, 1.165) is 22.7 Å². The summed E-state index contributed by atoms with van der Waals surface area (Å²) in [4.78, 5) is 16.7. The van der Waals surface area contributed by atoms with Gasteiger partial charge >= 0.3 is 0 Å². The molecule has 0 atom stereocenters. The molecule has 0 saturated heterocycles. The normalized spacial score (nSPS) is 10.4. The van der Waals surface area contributed by atoms with E-state index in [4.69, 9.17) is 4.74 Å². The molecule has 2 N–H and O–H groups in total. The Morgan fingerprint density at radius 3 is 2.57 bits per heavy atom. The van der Waals surface area contributed by atoms with Gasteiger partial charge in [0.05, 0.1) is 7.11 Å². The van der Waals surface area contributed by atoms with Crippen molar-refractivity contribution in [3.63, 3.8) is 0 Å². The highest BCUT2D eigenvalue weighted by atomic mass is 16.5. The highest BCUT2D eigenvalue weighted by molar-refractivity contribution is 5.93. The van der Waals surface area contributed by atoms with Crippen LogP contribution in [0.5, 0.6) is 5.75 Å². The first-order valence-electron chi connectivity index (χ1n) is 9.27. The van der Waals surface area contributed by atoms with Gasteiger partial charge in [0.1, 0.15) is 11.4 Å². The lowest BCUT2D eigenvalue weighted by atomic mass is 10.1. The highest BCUT2D eigenvalue weighted by Crippen LogP contribution is 2.20. The Bertz CT molecular complexity index is 970. The number of nitrogens with one attached hydrogen (secondary N) is 2. The Morgan fingerprint density at radius 2 is 1.79 bits per heavy atom. The molecule has 0 aliphatic rings. The number of aromatic nitrogens is 1. The van der Waals surface area contributed by atoms with Crippen molar-refractivity contribution in [2.45, 2.75) is 20.3 Å². The highest BCUT2D eigenvalue weighted by Gasteiger charge is 2.09. The van der Waals surface area contributed by atoms with E-state index in [9.17, 15) is 4.79 Å². The molecular formula is C23H25N3O2. The number of carbonyl (C=O) groups is 1. The van der Waals surface area contributed by atoms with Crippen LogP contribution in [0.4, 0.5) is 11.4 Å². The summed E-state index contributed by atoms with van der Waals surface area (Å²) < 4.78 is 5.34. The minimum atomic E-state index is -0.196. The maximum absolute atomic E-state index is 12.5. The summed E-state index contributed by atoms with van der Waals surface area (Å²) in [5.74, 6) is 0.632. The van der Waals surface area contributed by atoms with Crippen LogP contribution in [0.3, 0.4) is 0 Å². The quantitative estimate of drug-likeness (QED) is 0.641. The first kappa shape index (κ1) is 19.4. The number of hydrogen-bond acceptors (Lipinski definition) is 4. The number of ether oxygens (including phenoxy) is 1. The van der Waals surface area contributed by atoms with Crippen LogP contribution in [-0.2, 0) is 6.42 Å². The van der Waals surface area contributed by atoms with Crippen LogP contribution in [-0.4, -0.2) is 24.5 Å². The maximum Gasteiger partial charge on any atom is 0.269 e. The lowest BCUT2D eigenvalue weighted by Crippen LogP contribution is -2.26. The Kier molecular flexibility index (Phi) is 6.27. The number of para-hydroxylation sites is 1. The molecule has 5 nitrogen and oxygen atoms in total. The van der Waals surface area contributed by atoms with Gasteiger partial charge in [-0.2, -0.15) is 0 Å². The van der Waals surface area contributed by atoms with E-state index in [1.165, 1.54) is 11.1 Å². The van der Waals surface area contributed by atoms with E-state index in [1.807, 2.05) is 36.4 Å². The third-order valence-electron chi connectivity index (χ3n) is 4.66. The Balaban J connectivity index is 1.61. The van der Waals surface area contributed by atoms with E-state index in [-0.39, 0.29) is 5.91 Å². The number of pyridine rings is 1. The van der Waals surface area contributed by atoms with Gasteiger partial charge in [-0.05, 0) is 67.3 Å². The largest absolute Gasteiger partial charge is 0.496 e. The number of aryl methyl sites for hydroxylation is 2. The predicted octanol–water partition coefficient (Wildman–Crippen LogP) is 4.42. The van der Waals surface area contributed by atoms with Crippen LogP contribution in [0.1, 0.15) is 27.2 Å². The first-order chi connectivity index (χ1) is 13.6. The molecule has 1 amide bonds. The zero-order chi connectivity index (χ0) is 19.9. The molecule has 0 aliphatic carbocycles. The van der Waals surface area contributed by atoms with E-state index >= 15 is 0 Å². The zero-order valence-electron chi connectivity index (χ0n) is 16.5. The van der Waals surface area contributed by atoms with E-state index < -0.39 is 0 Å². The maximum atomic E-state index is 12.5. The van der Waals surface area contributed by atoms with Crippen LogP contribution >= 0.6 is 0 Å². The van der Waals surface area contributed by atoms with Crippen molar-refractivity contribution in [1.29, 1.82) is 0 Å². The molecule has 0 aliphatic heterocycles. The lowest BCUT2D eigenvalue weighted by Gasteiger charge is -2.11. The smallest absolute Gasteiger partial charge is 0.269 e. The van der Waals surface area contributed by atoms with Gasteiger partial charge in [0, 0.05) is 24.1 Å². The van der Waals surface area contributed by atoms with Gasteiger partial charge in [-0.25, -0.2) is 0 Å². The number of anilines is 2. The van der Waals surface area contributed by atoms with Gasteiger partial charge in [-0.1, -0.05) is 24.3 Å². The SMILES string of the molecule is COc1ccccc1CCNC(=O)c1cc(Nc2ccc(C)c(C)c2)ccn1. The first-order valence-corrected chi connectivity index (χ1v) is 9.27. The minimum absolute atomic E-state index is 0.196. The third kappa shape index (κ3) is 4.88.